The third kappa shape index (κ3) is 18.1. The van der Waals surface area contributed by atoms with E-state index >= 15 is 0 Å². The average molecular weight is 329 g/mol. The van der Waals surface area contributed by atoms with E-state index in [4.69, 9.17) is 5.11 Å². The molecule has 0 aliphatic heterocycles. The van der Waals surface area contributed by atoms with Crippen molar-refractivity contribution in [2.75, 3.05) is 6.54 Å². The second-order valence-electron chi connectivity index (χ2n) is 7.08. The maximum absolute atomic E-state index is 11.2. The van der Waals surface area contributed by atoms with Crippen molar-refractivity contribution in [3.05, 3.63) is 5.21 Å². The number of nitrogens with zero attached hydrogens (tertiary/aromatic N) is 1. The lowest BCUT2D eigenvalue weighted by molar-refractivity contribution is 0.0535. The predicted molar refractivity (Wildman–Crippen MR) is 101 cm³/mol. The average Bonchev–Trinajstić information content (AvgIpc) is 2.54. The van der Waals surface area contributed by atoms with E-state index in [1.807, 2.05) is 0 Å². The molecular weight excluding hydrogens is 286 g/mol. The quantitative estimate of drug-likeness (QED) is 0.180. The molecule has 0 aliphatic carbocycles. The van der Waals surface area contributed by atoms with Gasteiger partial charge in [0.2, 0.25) is 0 Å². The van der Waals surface area contributed by atoms with Gasteiger partial charge in [-0.15, -0.1) is 0 Å². The lowest BCUT2D eigenvalue weighted by Gasteiger charge is -2.30. The normalized spacial score (nSPS) is 12.9. The first-order chi connectivity index (χ1) is 11.2. The molecular formula is C20H42NO2-. The maximum atomic E-state index is 11.2. The molecule has 0 fully saturated rings. The summed E-state index contributed by atoms with van der Waals surface area (Å²) in [4.78, 5) is 0. The van der Waals surface area contributed by atoms with Crippen LogP contribution in [0.15, 0.2) is 0 Å². The number of rotatable bonds is 18. The lowest BCUT2D eigenvalue weighted by atomic mass is 10.0. The molecule has 1 atom stereocenters. The molecule has 0 aliphatic rings. The Bertz CT molecular complexity index is 222. The summed E-state index contributed by atoms with van der Waals surface area (Å²) in [6.45, 7) is 4.27. The molecule has 3 nitrogen and oxygen atoms in total. The van der Waals surface area contributed by atoms with E-state index in [-0.39, 0.29) is 0 Å². The van der Waals surface area contributed by atoms with Gasteiger partial charge in [0.15, 0.2) is 0 Å². The fraction of sp³-hybridized carbons (Fsp3) is 1.00. The molecule has 0 amide bonds. The van der Waals surface area contributed by atoms with Crippen molar-refractivity contribution in [3.8, 4) is 0 Å². The summed E-state index contributed by atoms with van der Waals surface area (Å²) in [7, 11) is 0. The fourth-order valence-electron chi connectivity index (χ4n) is 3.00. The van der Waals surface area contributed by atoms with Gasteiger partial charge >= 0.3 is 0 Å². The van der Waals surface area contributed by atoms with Crippen LogP contribution in [0.25, 0.3) is 0 Å². The molecule has 0 saturated carbocycles. The highest BCUT2D eigenvalue weighted by atomic mass is 16.5. The third-order valence-corrected chi connectivity index (χ3v) is 4.65. The minimum absolute atomic E-state index is 0.468. The lowest BCUT2D eigenvalue weighted by Crippen LogP contribution is -2.27. The van der Waals surface area contributed by atoms with Gasteiger partial charge in [0, 0.05) is 0 Å². The van der Waals surface area contributed by atoms with Crippen molar-refractivity contribution < 1.29 is 5.11 Å². The Morgan fingerprint density at radius 2 is 0.957 bits per heavy atom. The van der Waals surface area contributed by atoms with E-state index in [2.05, 4.69) is 6.92 Å². The largest absolute Gasteiger partial charge is 0.783 e. The minimum Gasteiger partial charge on any atom is -0.783 e. The molecule has 0 rings (SSSR count). The van der Waals surface area contributed by atoms with Gasteiger partial charge in [-0.3, -0.25) is 0 Å². The van der Waals surface area contributed by atoms with E-state index in [1.54, 1.807) is 0 Å². The van der Waals surface area contributed by atoms with Crippen LogP contribution < -0.4 is 0 Å². The zero-order chi connectivity index (χ0) is 17.2. The van der Waals surface area contributed by atoms with Crippen molar-refractivity contribution in [2.24, 2.45) is 0 Å². The number of unbranched alkanes of at least 4 members (excludes halogenated alkanes) is 15. The van der Waals surface area contributed by atoms with Gasteiger partial charge in [-0.2, -0.15) is 0 Å². The van der Waals surface area contributed by atoms with Gasteiger partial charge in [-0.05, 0) is 19.9 Å². The first-order valence-corrected chi connectivity index (χ1v) is 10.3. The monoisotopic (exact) mass is 328 g/mol. The summed E-state index contributed by atoms with van der Waals surface area (Å²) in [5, 5.41) is 21.0. The second kappa shape index (κ2) is 18.2. The van der Waals surface area contributed by atoms with Crippen molar-refractivity contribution >= 4 is 0 Å². The standard InChI is InChI=1S/C20H42NO2/c1-3-4-5-6-7-8-9-10-11-12-13-14-15-16-17-18-19-21(23)20(2)22/h20,22H,3-19H2,1-2H3/q-1. The van der Waals surface area contributed by atoms with Crippen molar-refractivity contribution in [2.45, 2.75) is 123 Å². The minimum atomic E-state index is -0.855. The van der Waals surface area contributed by atoms with Crippen LogP contribution in [0.4, 0.5) is 0 Å². The molecule has 0 aromatic heterocycles. The Labute approximate surface area is 145 Å². The number of aliphatic hydroxyl groups excluding tert-OH is 1. The van der Waals surface area contributed by atoms with Gasteiger partial charge in [0.25, 0.3) is 0 Å². The fourth-order valence-corrected chi connectivity index (χ4v) is 3.00. The first kappa shape index (κ1) is 22.9. The van der Waals surface area contributed by atoms with E-state index in [9.17, 15) is 5.21 Å². The van der Waals surface area contributed by atoms with Gasteiger partial charge < -0.3 is 15.4 Å². The zero-order valence-corrected chi connectivity index (χ0v) is 15.9. The third-order valence-electron chi connectivity index (χ3n) is 4.65. The molecule has 0 spiro atoms. The van der Waals surface area contributed by atoms with Gasteiger partial charge in [-0.1, -0.05) is 103 Å². The summed E-state index contributed by atoms with van der Waals surface area (Å²) < 4.78 is 0. The van der Waals surface area contributed by atoms with Crippen LogP contribution in [0.1, 0.15) is 117 Å². The Morgan fingerprint density at radius 1 is 0.652 bits per heavy atom. The van der Waals surface area contributed by atoms with Crippen molar-refractivity contribution in [1.29, 1.82) is 0 Å². The van der Waals surface area contributed by atoms with Gasteiger partial charge in [0.05, 0.1) is 6.23 Å². The molecule has 3 heteroatoms. The summed E-state index contributed by atoms with van der Waals surface area (Å²) in [6.07, 6.45) is 20.6. The van der Waals surface area contributed by atoms with Gasteiger partial charge in [-0.25, -0.2) is 0 Å². The number of hydrogen-bond acceptors (Lipinski definition) is 3. The highest BCUT2D eigenvalue weighted by molar-refractivity contribution is 4.58. The first-order valence-electron chi connectivity index (χ1n) is 10.3. The molecule has 0 radical (unpaired) electrons. The SMILES string of the molecule is CCCCCCCCCCCCCCCCCCN([O-])C(C)O. The molecule has 0 aromatic carbocycles. The predicted octanol–water partition coefficient (Wildman–Crippen LogP) is 6.39. The van der Waals surface area contributed by atoms with Gasteiger partial charge in [0.1, 0.15) is 0 Å². The molecule has 1 unspecified atom stereocenters. The Kier molecular flexibility index (Phi) is 18.1. The van der Waals surface area contributed by atoms with Crippen LogP contribution in [-0.4, -0.2) is 22.9 Å². The van der Waals surface area contributed by atoms with E-state index in [0.29, 0.717) is 6.54 Å². The number of hydrogen-bond donors (Lipinski definition) is 1. The van der Waals surface area contributed by atoms with E-state index < -0.39 is 6.23 Å². The molecule has 23 heavy (non-hydrogen) atoms. The summed E-state index contributed by atoms with van der Waals surface area (Å²) in [5.41, 5.74) is 0. The Balaban J connectivity index is 3.03. The molecule has 0 saturated heterocycles. The summed E-state index contributed by atoms with van der Waals surface area (Å²) in [5.74, 6) is 0. The topological polar surface area (TPSA) is 46.5 Å². The second-order valence-corrected chi connectivity index (χ2v) is 7.08. The number of aliphatic hydroxyl groups is 1. The van der Waals surface area contributed by atoms with Crippen LogP contribution in [0.5, 0.6) is 0 Å². The highest BCUT2D eigenvalue weighted by Gasteiger charge is 1.98. The molecule has 0 bridgehead atoms. The maximum Gasteiger partial charge on any atom is 0.0928 e. The van der Waals surface area contributed by atoms with Crippen molar-refractivity contribution in [1.82, 2.24) is 5.06 Å². The van der Waals surface area contributed by atoms with Crippen molar-refractivity contribution in [3.63, 3.8) is 0 Å². The van der Waals surface area contributed by atoms with E-state index in [0.717, 1.165) is 17.9 Å². The molecule has 140 valence electrons. The van der Waals surface area contributed by atoms with Crippen LogP contribution in [0, 0.1) is 5.21 Å². The Hall–Kier alpha value is -0.120. The molecule has 0 heterocycles. The zero-order valence-electron chi connectivity index (χ0n) is 15.9. The molecule has 1 N–H and O–H groups in total. The van der Waals surface area contributed by atoms with Crippen LogP contribution in [0.3, 0.4) is 0 Å². The summed E-state index contributed by atoms with van der Waals surface area (Å²) in [6, 6.07) is 0. The number of hydroxylamine groups is 2. The highest BCUT2D eigenvalue weighted by Crippen LogP contribution is 2.13. The van der Waals surface area contributed by atoms with Crippen LogP contribution in [0.2, 0.25) is 0 Å². The molecule has 0 aromatic rings. The smallest absolute Gasteiger partial charge is 0.0928 e. The Morgan fingerprint density at radius 3 is 1.26 bits per heavy atom. The van der Waals surface area contributed by atoms with Crippen LogP contribution in [-0.2, 0) is 0 Å². The van der Waals surface area contributed by atoms with E-state index in [1.165, 1.54) is 96.8 Å². The summed E-state index contributed by atoms with van der Waals surface area (Å²) >= 11 is 0. The van der Waals surface area contributed by atoms with Crippen LogP contribution >= 0.6 is 0 Å².